The van der Waals surface area contributed by atoms with Crippen molar-refractivity contribution in [3.8, 4) is 0 Å². The minimum atomic E-state index is -3.90. The van der Waals surface area contributed by atoms with E-state index in [1.807, 2.05) is 43.3 Å². The molecule has 7 nitrogen and oxygen atoms in total. The number of methoxy groups -OCH3 is 1. The number of carbonyl (C=O) groups is 1. The van der Waals surface area contributed by atoms with Crippen molar-refractivity contribution >= 4 is 15.7 Å². The maximum absolute atomic E-state index is 13.7. The molecular formula is C25H29NO6S. The van der Waals surface area contributed by atoms with Crippen LogP contribution in [-0.2, 0) is 35.4 Å². The van der Waals surface area contributed by atoms with Gasteiger partial charge in [0.2, 0.25) is 5.91 Å². The maximum Gasteiger partial charge on any atom is 0.245 e. The number of ether oxygens (including phenoxy) is 3. The van der Waals surface area contributed by atoms with Crippen LogP contribution >= 0.6 is 0 Å². The second-order valence-electron chi connectivity index (χ2n) is 8.25. The van der Waals surface area contributed by atoms with E-state index in [0.717, 1.165) is 11.1 Å². The molecule has 1 amide bonds. The lowest BCUT2D eigenvalue weighted by molar-refractivity contribution is -0.133. The van der Waals surface area contributed by atoms with Crippen molar-refractivity contribution in [1.82, 2.24) is 4.90 Å². The molecule has 2 aromatic carbocycles. The average Bonchev–Trinajstić information content (AvgIpc) is 3.34. The fraction of sp³-hybridized carbons (Fsp3) is 0.400. The molecule has 0 spiro atoms. The summed E-state index contributed by atoms with van der Waals surface area (Å²) in [6.45, 7) is 3.20. The maximum atomic E-state index is 13.7. The Bertz CT molecular complexity index is 1090. The summed E-state index contributed by atoms with van der Waals surface area (Å²) in [5.41, 5.74) is 2.49. The summed E-state index contributed by atoms with van der Waals surface area (Å²) >= 11 is 0. The third-order valence-electron chi connectivity index (χ3n) is 6.01. The molecule has 2 saturated heterocycles. The van der Waals surface area contributed by atoms with E-state index in [0.29, 0.717) is 25.3 Å². The summed E-state index contributed by atoms with van der Waals surface area (Å²) in [4.78, 5) is 15.4. The largest absolute Gasteiger partial charge is 0.375 e. The second kappa shape index (κ2) is 10.2. The number of benzene rings is 2. The lowest BCUT2D eigenvalue weighted by Gasteiger charge is -2.39. The van der Waals surface area contributed by atoms with E-state index in [9.17, 15) is 13.2 Å². The van der Waals surface area contributed by atoms with Gasteiger partial charge in [0.1, 0.15) is 5.25 Å². The number of hydrogen-bond acceptors (Lipinski definition) is 6. The van der Waals surface area contributed by atoms with Gasteiger partial charge in [-0.1, -0.05) is 54.1 Å². The lowest BCUT2D eigenvalue weighted by atomic mass is 10.0. The predicted molar refractivity (Wildman–Crippen MR) is 123 cm³/mol. The minimum absolute atomic E-state index is 0.0506. The molecule has 2 aliphatic heterocycles. The molecule has 2 fully saturated rings. The van der Waals surface area contributed by atoms with Crippen molar-refractivity contribution in [3.05, 3.63) is 77.5 Å². The molecule has 0 unspecified atom stereocenters. The van der Waals surface area contributed by atoms with Crippen molar-refractivity contribution < 1.29 is 27.4 Å². The van der Waals surface area contributed by atoms with Crippen LogP contribution < -0.4 is 0 Å². The summed E-state index contributed by atoms with van der Waals surface area (Å²) in [6.07, 6.45) is 1.44. The van der Waals surface area contributed by atoms with E-state index < -0.39 is 27.1 Å². The molecule has 2 aromatic rings. The first kappa shape index (κ1) is 23.6. The van der Waals surface area contributed by atoms with Gasteiger partial charge in [-0.2, -0.15) is 0 Å². The van der Waals surface area contributed by atoms with Gasteiger partial charge < -0.3 is 19.1 Å². The van der Waals surface area contributed by atoms with Crippen LogP contribution in [0.5, 0.6) is 0 Å². The number of nitrogens with zero attached hydrogens (tertiary/aromatic N) is 1. The topological polar surface area (TPSA) is 82.1 Å². The van der Waals surface area contributed by atoms with Crippen LogP contribution in [0.15, 0.2) is 71.3 Å². The van der Waals surface area contributed by atoms with Crippen molar-refractivity contribution in [3.63, 3.8) is 0 Å². The lowest BCUT2D eigenvalue weighted by Crippen LogP contribution is -2.51. The molecule has 2 atom stereocenters. The summed E-state index contributed by atoms with van der Waals surface area (Å²) in [6, 6.07) is 16.1. The Balaban J connectivity index is 1.69. The van der Waals surface area contributed by atoms with Gasteiger partial charge in [0.05, 0.1) is 30.8 Å². The van der Waals surface area contributed by atoms with Gasteiger partial charge in [0, 0.05) is 25.6 Å². The molecule has 0 aliphatic carbocycles. The molecule has 8 heteroatoms. The van der Waals surface area contributed by atoms with E-state index in [-0.39, 0.29) is 24.2 Å². The molecular weight excluding hydrogens is 442 g/mol. The Hall–Kier alpha value is -2.52. The summed E-state index contributed by atoms with van der Waals surface area (Å²) < 4.78 is 43.7. The number of rotatable bonds is 7. The van der Waals surface area contributed by atoms with E-state index in [1.54, 1.807) is 29.2 Å². The summed E-state index contributed by atoms with van der Waals surface area (Å²) in [5, 5.41) is -1.23. The van der Waals surface area contributed by atoms with Crippen LogP contribution in [0.1, 0.15) is 24.0 Å². The highest BCUT2D eigenvalue weighted by Gasteiger charge is 2.45. The van der Waals surface area contributed by atoms with Crippen molar-refractivity contribution in [2.45, 2.75) is 48.8 Å². The van der Waals surface area contributed by atoms with Crippen LogP contribution in [0.2, 0.25) is 0 Å². The third kappa shape index (κ3) is 5.19. The van der Waals surface area contributed by atoms with Crippen LogP contribution in [0, 0.1) is 6.92 Å². The standard InChI is InChI=1S/C25H29NO6S/c1-18-8-10-20(11-9-18)33(28,29)23-16-22(30-2)21(12-13-24-31-14-15-32-24)26(25(23)27)17-19-6-4-3-5-7-19/h3-12,22-24H,13-17H2,1-2H3/b21-12+/t22-,23-/m0/s1. The van der Waals surface area contributed by atoms with E-state index in [2.05, 4.69) is 0 Å². The molecule has 2 heterocycles. The zero-order valence-electron chi connectivity index (χ0n) is 18.8. The first-order valence-corrected chi connectivity index (χ1v) is 12.6. The van der Waals surface area contributed by atoms with Gasteiger partial charge in [-0.25, -0.2) is 8.42 Å². The number of carbonyl (C=O) groups excluding carboxylic acids is 1. The molecule has 33 heavy (non-hydrogen) atoms. The third-order valence-corrected chi connectivity index (χ3v) is 8.09. The monoisotopic (exact) mass is 471 g/mol. The minimum Gasteiger partial charge on any atom is -0.375 e. The first-order valence-electron chi connectivity index (χ1n) is 11.0. The quantitative estimate of drug-likeness (QED) is 0.617. The molecule has 0 saturated carbocycles. The van der Waals surface area contributed by atoms with Gasteiger partial charge in [0.25, 0.3) is 0 Å². The Labute approximate surface area is 194 Å². The highest BCUT2D eigenvalue weighted by atomic mass is 32.2. The Morgan fingerprint density at radius 3 is 2.36 bits per heavy atom. The number of piperidine rings is 1. The van der Waals surface area contributed by atoms with Gasteiger partial charge in [-0.3, -0.25) is 4.79 Å². The molecule has 0 bridgehead atoms. The molecule has 0 N–H and O–H groups in total. The Kier molecular flexibility index (Phi) is 7.29. The molecule has 176 valence electrons. The number of sulfone groups is 1. The smallest absolute Gasteiger partial charge is 0.245 e. The van der Waals surface area contributed by atoms with Gasteiger partial charge in [-0.05, 0) is 24.6 Å². The van der Waals surface area contributed by atoms with E-state index >= 15 is 0 Å². The van der Waals surface area contributed by atoms with Crippen LogP contribution in [0.4, 0.5) is 0 Å². The van der Waals surface area contributed by atoms with E-state index in [1.165, 1.54) is 7.11 Å². The SMILES string of the molecule is CO[C@H]1C[C@H](S(=O)(=O)c2ccc(C)cc2)C(=O)N(Cc2ccccc2)/C1=C/CC1OCCO1. The fourth-order valence-corrected chi connectivity index (χ4v) is 5.86. The zero-order chi connectivity index (χ0) is 23.4. The van der Waals surface area contributed by atoms with Crippen LogP contribution in [0.25, 0.3) is 0 Å². The number of hydrogen-bond donors (Lipinski definition) is 0. The van der Waals surface area contributed by atoms with Crippen molar-refractivity contribution in [2.75, 3.05) is 20.3 Å². The molecule has 0 radical (unpaired) electrons. The number of aryl methyl sites for hydroxylation is 1. The van der Waals surface area contributed by atoms with Gasteiger partial charge >= 0.3 is 0 Å². The van der Waals surface area contributed by atoms with Crippen molar-refractivity contribution in [2.24, 2.45) is 0 Å². The van der Waals surface area contributed by atoms with Gasteiger partial charge in [-0.15, -0.1) is 0 Å². The van der Waals surface area contributed by atoms with E-state index in [4.69, 9.17) is 14.2 Å². The van der Waals surface area contributed by atoms with Crippen LogP contribution in [0.3, 0.4) is 0 Å². The van der Waals surface area contributed by atoms with Gasteiger partial charge in [0.15, 0.2) is 16.1 Å². The molecule has 0 aromatic heterocycles. The summed E-state index contributed by atoms with van der Waals surface area (Å²) in [7, 11) is -2.36. The highest BCUT2D eigenvalue weighted by Crippen LogP contribution is 2.33. The Morgan fingerprint density at radius 2 is 1.73 bits per heavy atom. The van der Waals surface area contributed by atoms with Crippen molar-refractivity contribution in [1.29, 1.82) is 0 Å². The first-order chi connectivity index (χ1) is 15.9. The molecule has 2 aliphatic rings. The fourth-order valence-electron chi connectivity index (χ4n) is 4.20. The highest BCUT2D eigenvalue weighted by molar-refractivity contribution is 7.92. The zero-order valence-corrected chi connectivity index (χ0v) is 19.7. The second-order valence-corrected chi connectivity index (χ2v) is 10.4. The summed E-state index contributed by atoms with van der Waals surface area (Å²) in [5.74, 6) is -0.452. The Morgan fingerprint density at radius 1 is 1.06 bits per heavy atom. The number of likely N-dealkylation sites (tertiary alicyclic amines) is 1. The van der Waals surface area contributed by atoms with Crippen LogP contribution in [-0.4, -0.2) is 57.2 Å². The predicted octanol–water partition coefficient (Wildman–Crippen LogP) is 3.23. The number of amides is 1. The average molecular weight is 472 g/mol. The molecule has 4 rings (SSSR count). The normalized spacial score (nSPS) is 23.4.